The molecule has 1 saturated carbocycles. The first-order valence-corrected chi connectivity index (χ1v) is 7.24. The first-order chi connectivity index (χ1) is 8.83. The van der Waals surface area contributed by atoms with E-state index >= 15 is 0 Å². The summed E-state index contributed by atoms with van der Waals surface area (Å²) in [6.45, 7) is 5.72. The standard InChI is InChI=1S/C15H23N3/c1-12-3-2-8-18(11-12)15-6-7-16-9-13(15)10-17-14-4-5-14/h6-7,9,12,14,17H,2-5,8,10-11H2,1H3. The minimum Gasteiger partial charge on any atom is -0.371 e. The highest BCUT2D eigenvalue weighted by Gasteiger charge is 2.22. The van der Waals surface area contributed by atoms with Gasteiger partial charge >= 0.3 is 0 Å². The van der Waals surface area contributed by atoms with E-state index < -0.39 is 0 Å². The molecule has 2 aliphatic rings. The highest BCUT2D eigenvalue weighted by Crippen LogP contribution is 2.26. The fraction of sp³-hybridized carbons (Fsp3) is 0.667. The topological polar surface area (TPSA) is 28.2 Å². The van der Waals surface area contributed by atoms with Crippen molar-refractivity contribution in [1.29, 1.82) is 0 Å². The third kappa shape index (κ3) is 2.83. The maximum absolute atomic E-state index is 4.29. The number of hydrogen-bond acceptors (Lipinski definition) is 3. The van der Waals surface area contributed by atoms with Gasteiger partial charge in [-0.25, -0.2) is 0 Å². The van der Waals surface area contributed by atoms with Crippen LogP contribution in [0.15, 0.2) is 18.5 Å². The van der Waals surface area contributed by atoms with Crippen LogP contribution < -0.4 is 10.2 Å². The molecular weight excluding hydrogens is 222 g/mol. The van der Waals surface area contributed by atoms with E-state index in [1.54, 1.807) is 0 Å². The van der Waals surface area contributed by atoms with Gasteiger partial charge in [0, 0.05) is 49.3 Å². The zero-order chi connectivity index (χ0) is 12.4. The second-order valence-electron chi connectivity index (χ2n) is 5.85. The van der Waals surface area contributed by atoms with Crippen molar-refractivity contribution in [3.63, 3.8) is 0 Å². The van der Waals surface area contributed by atoms with E-state index in [4.69, 9.17) is 0 Å². The average molecular weight is 245 g/mol. The molecule has 1 aromatic heterocycles. The Kier molecular flexibility index (Phi) is 3.50. The summed E-state index contributed by atoms with van der Waals surface area (Å²) in [5.41, 5.74) is 2.75. The number of hydrogen-bond donors (Lipinski definition) is 1. The summed E-state index contributed by atoms with van der Waals surface area (Å²) in [5, 5.41) is 3.60. The van der Waals surface area contributed by atoms with E-state index in [-0.39, 0.29) is 0 Å². The van der Waals surface area contributed by atoms with Crippen molar-refractivity contribution >= 4 is 5.69 Å². The lowest BCUT2D eigenvalue weighted by atomic mass is 9.99. The molecule has 1 aliphatic heterocycles. The van der Waals surface area contributed by atoms with Crippen molar-refractivity contribution in [3.8, 4) is 0 Å². The molecule has 2 fully saturated rings. The normalized spacial score (nSPS) is 24.3. The fourth-order valence-corrected chi connectivity index (χ4v) is 2.81. The summed E-state index contributed by atoms with van der Waals surface area (Å²) in [6, 6.07) is 2.94. The summed E-state index contributed by atoms with van der Waals surface area (Å²) in [4.78, 5) is 6.83. The van der Waals surface area contributed by atoms with Gasteiger partial charge in [-0.05, 0) is 37.7 Å². The predicted octanol–water partition coefficient (Wildman–Crippen LogP) is 2.57. The van der Waals surface area contributed by atoms with Crippen LogP contribution in [-0.2, 0) is 6.54 Å². The molecule has 3 nitrogen and oxygen atoms in total. The molecule has 1 atom stereocenters. The van der Waals surface area contributed by atoms with Gasteiger partial charge in [0.05, 0.1) is 0 Å². The van der Waals surface area contributed by atoms with Gasteiger partial charge < -0.3 is 10.2 Å². The number of rotatable bonds is 4. The van der Waals surface area contributed by atoms with E-state index in [1.807, 2.05) is 12.4 Å². The van der Waals surface area contributed by atoms with Gasteiger partial charge in [-0.15, -0.1) is 0 Å². The molecule has 1 unspecified atom stereocenters. The molecule has 3 rings (SSSR count). The molecule has 0 spiro atoms. The smallest absolute Gasteiger partial charge is 0.0442 e. The van der Waals surface area contributed by atoms with Gasteiger partial charge in [-0.2, -0.15) is 0 Å². The van der Waals surface area contributed by atoms with E-state index in [2.05, 4.69) is 28.2 Å². The fourth-order valence-electron chi connectivity index (χ4n) is 2.81. The zero-order valence-corrected chi connectivity index (χ0v) is 11.2. The minimum atomic E-state index is 0.762. The Morgan fingerprint density at radius 2 is 2.28 bits per heavy atom. The second-order valence-corrected chi connectivity index (χ2v) is 5.85. The van der Waals surface area contributed by atoms with Gasteiger partial charge in [0.1, 0.15) is 0 Å². The van der Waals surface area contributed by atoms with Crippen molar-refractivity contribution < 1.29 is 0 Å². The molecule has 0 bridgehead atoms. The summed E-state index contributed by atoms with van der Waals surface area (Å²) in [5.74, 6) is 0.816. The third-order valence-electron chi connectivity index (χ3n) is 4.03. The SMILES string of the molecule is CC1CCCN(c2ccncc2CNC2CC2)C1. The first-order valence-electron chi connectivity index (χ1n) is 7.24. The Hall–Kier alpha value is -1.09. The van der Waals surface area contributed by atoms with Crippen LogP contribution in [0.25, 0.3) is 0 Å². The highest BCUT2D eigenvalue weighted by atomic mass is 15.1. The summed E-state index contributed by atoms with van der Waals surface area (Å²) in [6.07, 6.45) is 9.34. The van der Waals surface area contributed by atoms with E-state index in [0.717, 1.165) is 18.5 Å². The Morgan fingerprint density at radius 3 is 3.06 bits per heavy atom. The molecule has 1 aromatic rings. The lowest BCUT2D eigenvalue weighted by Gasteiger charge is -2.34. The lowest BCUT2D eigenvalue weighted by molar-refractivity contribution is 0.445. The lowest BCUT2D eigenvalue weighted by Crippen LogP contribution is -2.35. The molecular formula is C15H23N3. The zero-order valence-electron chi connectivity index (χ0n) is 11.2. The summed E-state index contributed by atoms with van der Waals surface area (Å²) in [7, 11) is 0. The van der Waals surface area contributed by atoms with Crippen LogP contribution in [0.2, 0.25) is 0 Å². The molecule has 1 aliphatic carbocycles. The number of nitrogens with zero attached hydrogens (tertiary/aromatic N) is 2. The van der Waals surface area contributed by atoms with Crippen molar-refractivity contribution in [2.45, 2.75) is 45.2 Å². The Morgan fingerprint density at radius 1 is 1.39 bits per heavy atom. The van der Waals surface area contributed by atoms with Crippen LogP contribution in [0.5, 0.6) is 0 Å². The molecule has 0 radical (unpaired) electrons. The van der Waals surface area contributed by atoms with Crippen LogP contribution in [0, 0.1) is 5.92 Å². The Bertz CT molecular complexity index is 400. The van der Waals surface area contributed by atoms with Crippen molar-refractivity contribution in [1.82, 2.24) is 10.3 Å². The average Bonchev–Trinajstić information content (AvgIpc) is 3.21. The van der Waals surface area contributed by atoms with Crippen molar-refractivity contribution in [3.05, 3.63) is 24.0 Å². The van der Waals surface area contributed by atoms with Gasteiger partial charge in [-0.1, -0.05) is 6.92 Å². The number of aromatic nitrogens is 1. The molecule has 1 N–H and O–H groups in total. The maximum atomic E-state index is 4.29. The van der Waals surface area contributed by atoms with Crippen LogP contribution in [0.3, 0.4) is 0 Å². The Balaban J connectivity index is 1.72. The van der Waals surface area contributed by atoms with Crippen LogP contribution in [0.1, 0.15) is 38.2 Å². The van der Waals surface area contributed by atoms with Gasteiger partial charge in [-0.3, -0.25) is 4.98 Å². The predicted molar refractivity (Wildman–Crippen MR) is 74.7 cm³/mol. The second kappa shape index (κ2) is 5.27. The molecule has 98 valence electrons. The van der Waals surface area contributed by atoms with Gasteiger partial charge in [0.15, 0.2) is 0 Å². The number of anilines is 1. The van der Waals surface area contributed by atoms with Gasteiger partial charge in [0.25, 0.3) is 0 Å². The molecule has 0 aromatic carbocycles. The highest BCUT2D eigenvalue weighted by molar-refractivity contribution is 5.52. The molecule has 2 heterocycles. The van der Waals surface area contributed by atoms with Crippen molar-refractivity contribution in [2.24, 2.45) is 5.92 Å². The summed E-state index contributed by atoms with van der Waals surface area (Å²) >= 11 is 0. The van der Waals surface area contributed by atoms with Crippen LogP contribution in [-0.4, -0.2) is 24.1 Å². The van der Waals surface area contributed by atoms with Crippen LogP contribution >= 0.6 is 0 Å². The maximum Gasteiger partial charge on any atom is 0.0442 e. The minimum absolute atomic E-state index is 0.762. The van der Waals surface area contributed by atoms with Crippen LogP contribution in [0.4, 0.5) is 5.69 Å². The molecule has 18 heavy (non-hydrogen) atoms. The molecule has 0 amide bonds. The Labute approximate surface area is 110 Å². The third-order valence-corrected chi connectivity index (χ3v) is 4.03. The number of piperidine rings is 1. The monoisotopic (exact) mass is 245 g/mol. The molecule has 1 saturated heterocycles. The van der Waals surface area contributed by atoms with Gasteiger partial charge in [0.2, 0.25) is 0 Å². The first kappa shape index (κ1) is 12.0. The quantitative estimate of drug-likeness (QED) is 0.883. The van der Waals surface area contributed by atoms with E-state index in [9.17, 15) is 0 Å². The van der Waals surface area contributed by atoms with Crippen molar-refractivity contribution in [2.75, 3.05) is 18.0 Å². The molecule has 3 heteroatoms. The van der Waals surface area contributed by atoms with E-state index in [0.29, 0.717) is 0 Å². The number of nitrogens with one attached hydrogen (secondary N) is 1. The largest absolute Gasteiger partial charge is 0.371 e. The number of pyridine rings is 1. The van der Waals surface area contributed by atoms with E-state index in [1.165, 1.54) is 50.0 Å². The summed E-state index contributed by atoms with van der Waals surface area (Å²) < 4.78 is 0.